The molecule has 2 aromatic carbocycles. The summed E-state index contributed by atoms with van der Waals surface area (Å²) in [5.41, 5.74) is 1.23. The van der Waals surface area contributed by atoms with Gasteiger partial charge in [-0.1, -0.05) is 29.3 Å². The smallest absolute Gasteiger partial charge is 0.137 e. The predicted octanol–water partition coefficient (Wildman–Crippen LogP) is 4.73. The molecule has 0 aliphatic rings. The molecule has 16 heavy (non-hydrogen) atoms. The molecule has 0 bridgehead atoms. The van der Waals surface area contributed by atoms with Crippen LogP contribution >= 0.6 is 23.6 Å². The van der Waals surface area contributed by atoms with Gasteiger partial charge in [-0.15, -0.1) is 0 Å². The topological polar surface area (TPSA) is 9.23 Å². The minimum absolute atomic E-state index is 0.736. The van der Waals surface area contributed by atoms with Crippen LogP contribution in [0.5, 0.6) is 5.75 Å². The number of hydrogen-bond acceptors (Lipinski definition) is 2. The van der Waals surface area contributed by atoms with Crippen molar-refractivity contribution in [3.63, 3.8) is 0 Å². The van der Waals surface area contributed by atoms with Crippen molar-refractivity contribution in [2.45, 2.75) is 11.8 Å². The van der Waals surface area contributed by atoms with Gasteiger partial charge >= 0.3 is 0 Å². The van der Waals surface area contributed by atoms with Crippen molar-refractivity contribution >= 4 is 23.6 Å². The Morgan fingerprint density at radius 1 is 0.938 bits per heavy atom. The van der Waals surface area contributed by atoms with Crippen LogP contribution in [0.25, 0.3) is 0 Å². The van der Waals surface area contributed by atoms with Gasteiger partial charge in [-0.25, -0.2) is 0 Å². The van der Waals surface area contributed by atoms with Crippen molar-refractivity contribution < 1.29 is 4.18 Å². The zero-order chi connectivity index (χ0) is 11.4. The quantitative estimate of drug-likeness (QED) is 0.728. The third-order valence-electron chi connectivity index (χ3n) is 2.07. The Morgan fingerprint density at radius 2 is 1.56 bits per heavy atom. The monoisotopic (exact) mass is 250 g/mol. The summed E-state index contributed by atoms with van der Waals surface area (Å²) in [6.07, 6.45) is 0. The summed E-state index contributed by atoms with van der Waals surface area (Å²) in [7, 11) is 0. The first-order valence-corrected chi connectivity index (χ1v) is 6.03. The SMILES string of the molecule is Cc1ccc(OSc2ccc(Cl)cc2)cc1. The summed E-state index contributed by atoms with van der Waals surface area (Å²) in [5.74, 6) is 0.852. The van der Waals surface area contributed by atoms with E-state index in [-0.39, 0.29) is 0 Å². The molecule has 0 aliphatic carbocycles. The zero-order valence-electron chi connectivity index (χ0n) is 8.81. The first kappa shape index (κ1) is 11.4. The fraction of sp³-hybridized carbons (Fsp3) is 0.0769. The van der Waals surface area contributed by atoms with Crippen LogP contribution < -0.4 is 4.18 Å². The maximum Gasteiger partial charge on any atom is 0.137 e. The molecule has 0 unspecified atom stereocenters. The molecule has 3 heteroatoms. The second-order valence-corrected chi connectivity index (χ2v) is 4.67. The molecule has 2 rings (SSSR count). The summed E-state index contributed by atoms with van der Waals surface area (Å²) >= 11 is 7.13. The Labute approximate surface area is 105 Å². The maximum absolute atomic E-state index is 5.80. The van der Waals surface area contributed by atoms with Crippen LogP contribution in [0, 0.1) is 6.92 Å². The molecule has 0 saturated heterocycles. The van der Waals surface area contributed by atoms with E-state index in [2.05, 4.69) is 6.92 Å². The highest BCUT2D eigenvalue weighted by atomic mass is 35.5. The Hall–Kier alpha value is -1.12. The first-order chi connectivity index (χ1) is 7.74. The lowest BCUT2D eigenvalue weighted by atomic mass is 10.2. The van der Waals surface area contributed by atoms with E-state index >= 15 is 0 Å². The zero-order valence-corrected chi connectivity index (χ0v) is 10.4. The van der Waals surface area contributed by atoms with Crippen molar-refractivity contribution in [1.29, 1.82) is 0 Å². The Morgan fingerprint density at radius 3 is 2.19 bits per heavy atom. The molecule has 0 aromatic heterocycles. The van der Waals surface area contributed by atoms with Crippen LogP contribution in [-0.2, 0) is 0 Å². The lowest BCUT2D eigenvalue weighted by molar-refractivity contribution is 0.646. The maximum atomic E-state index is 5.80. The van der Waals surface area contributed by atoms with E-state index in [0.717, 1.165) is 15.7 Å². The van der Waals surface area contributed by atoms with Crippen LogP contribution in [0.3, 0.4) is 0 Å². The van der Waals surface area contributed by atoms with Crippen LogP contribution in [0.4, 0.5) is 0 Å². The largest absolute Gasteiger partial charge is 0.421 e. The highest BCUT2D eigenvalue weighted by molar-refractivity contribution is 7.95. The summed E-state index contributed by atoms with van der Waals surface area (Å²) in [5, 5.41) is 0.736. The van der Waals surface area contributed by atoms with Gasteiger partial charge in [0.15, 0.2) is 0 Å². The van der Waals surface area contributed by atoms with Gasteiger partial charge in [0.1, 0.15) is 5.75 Å². The molecule has 0 fully saturated rings. The molecule has 0 saturated carbocycles. The highest BCUT2D eigenvalue weighted by Gasteiger charge is 1.97. The second kappa shape index (κ2) is 5.28. The number of hydrogen-bond donors (Lipinski definition) is 0. The summed E-state index contributed by atoms with van der Waals surface area (Å²) in [6.45, 7) is 2.05. The molecular weight excluding hydrogens is 240 g/mol. The molecule has 0 N–H and O–H groups in total. The van der Waals surface area contributed by atoms with Gasteiger partial charge in [-0.2, -0.15) is 0 Å². The molecule has 1 nitrogen and oxygen atoms in total. The van der Waals surface area contributed by atoms with E-state index in [1.165, 1.54) is 17.6 Å². The van der Waals surface area contributed by atoms with Gasteiger partial charge in [0.25, 0.3) is 0 Å². The number of halogens is 1. The van der Waals surface area contributed by atoms with Gasteiger partial charge in [-0.3, -0.25) is 0 Å². The van der Waals surface area contributed by atoms with Crippen molar-refractivity contribution in [1.82, 2.24) is 0 Å². The van der Waals surface area contributed by atoms with Crippen molar-refractivity contribution in [3.05, 3.63) is 59.1 Å². The third kappa shape index (κ3) is 3.19. The van der Waals surface area contributed by atoms with E-state index in [9.17, 15) is 0 Å². The number of benzene rings is 2. The van der Waals surface area contributed by atoms with Gasteiger partial charge in [0.05, 0.1) is 12.0 Å². The normalized spacial score (nSPS) is 10.1. The average molecular weight is 251 g/mol. The second-order valence-electron chi connectivity index (χ2n) is 3.43. The molecular formula is C13H11ClOS. The fourth-order valence-electron chi connectivity index (χ4n) is 1.18. The first-order valence-electron chi connectivity index (χ1n) is 4.91. The van der Waals surface area contributed by atoms with E-state index in [0.29, 0.717) is 0 Å². The number of rotatable bonds is 3. The third-order valence-corrected chi connectivity index (χ3v) is 3.06. The van der Waals surface area contributed by atoms with Gasteiger partial charge in [0.2, 0.25) is 0 Å². The summed E-state index contributed by atoms with van der Waals surface area (Å²) in [4.78, 5) is 1.03. The molecule has 0 radical (unpaired) electrons. The van der Waals surface area contributed by atoms with Crippen molar-refractivity contribution in [3.8, 4) is 5.75 Å². The minimum Gasteiger partial charge on any atom is -0.421 e. The van der Waals surface area contributed by atoms with E-state index in [1.807, 2.05) is 48.5 Å². The molecule has 2 aromatic rings. The van der Waals surface area contributed by atoms with E-state index < -0.39 is 0 Å². The van der Waals surface area contributed by atoms with Crippen molar-refractivity contribution in [2.75, 3.05) is 0 Å². The van der Waals surface area contributed by atoms with Gasteiger partial charge < -0.3 is 4.18 Å². The van der Waals surface area contributed by atoms with Crippen LogP contribution in [0.1, 0.15) is 5.56 Å². The van der Waals surface area contributed by atoms with Crippen LogP contribution in [0.2, 0.25) is 5.02 Å². The Kier molecular flexibility index (Phi) is 3.75. The van der Waals surface area contributed by atoms with Crippen LogP contribution in [-0.4, -0.2) is 0 Å². The molecule has 0 amide bonds. The Balaban J connectivity index is 1.97. The standard InChI is InChI=1S/C13H11ClOS/c1-10-2-6-12(7-3-10)15-16-13-8-4-11(14)5-9-13/h2-9H,1H3. The molecule has 0 atom stereocenters. The predicted molar refractivity (Wildman–Crippen MR) is 69.1 cm³/mol. The average Bonchev–Trinajstić information content (AvgIpc) is 2.30. The minimum atomic E-state index is 0.736. The van der Waals surface area contributed by atoms with Gasteiger partial charge in [0, 0.05) is 9.92 Å². The fourth-order valence-corrected chi connectivity index (χ4v) is 1.86. The highest BCUT2D eigenvalue weighted by Crippen LogP contribution is 2.24. The van der Waals surface area contributed by atoms with Crippen molar-refractivity contribution in [2.24, 2.45) is 0 Å². The summed E-state index contributed by atoms with van der Waals surface area (Å²) in [6, 6.07) is 15.5. The molecule has 82 valence electrons. The lowest BCUT2D eigenvalue weighted by Crippen LogP contribution is -1.81. The summed E-state index contributed by atoms with van der Waals surface area (Å²) < 4.78 is 5.56. The van der Waals surface area contributed by atoms with Crippen LogP contribution in [0.15, 0.2) is 53.4 Å². The van der Waals surface area contributed by atoms with Gasteiger partial charge in [-0.05, 0) is 43.3 Å². The van der Waals surface area contributed by atoms with E-state index in [1.54, 1.807) is 0 Å². The Bertz CT molecular complexity index is 405. The lowest BCUT2D eigenvalue weighted by Gasteiger charge is -2.04. The molecule has 0 aliphatic heterocycles. The number of aryl methyl sites for hydroxylation is 1. The molecule has 0 spiro atoms. The molecule has 0 heterocycles. The van der Waals surface area contributed by atoms with E-state index in [4.69, 9.17) is 15.8 Å².